The minimum atomic E-state index is -0.865. The minimum absolute atomic E-state index is 0.00386. The number of carbonyl (C=O) groups is 2. The minimum Gasteiger partial charge on any atom is -0.481 e. The molecule has 0 atom stereocenters. The summed E-state index contributed by atoms with van der Waals surface area (Å²) >= 11 is 1.42. The van der Waals surface area contributed by atoms with Gasteiger partial charge < -0.3 is 14.9 Å². The molecule has 2 heterocycles. The smallest absolute Gasteiger partial charge is 0.305 e. The zero-order valence-corrected chi connectivity index (χ0v) is 13.0. The Morgan fingerprint density at radius 3 is 2.76 bits per heavy atom. The Bertz CT molecular complexity index is 470. The molecule has 1 aromatic rings. The molecule has 21 heavy (non-hydrogen) atoms. The van der Waals surface area contributed by atoms with E-state index in [1.165, 1.54) is 11.3 Å². The molecule has 0 bridgehead atoms. The maximum absolute atomic E-state index is 12.4. The Balaban J connectivity index is 1.94. The highest BCUT2D eigenvalue weighted by atomic mass is 32.1. The lowest BCUT2D eigenvalue weighted by molar-refractivity contribution is -0.137. The van der Waals surface area contributed by atoms with Crippen molar-refractivity contribution in [3.63, 3.8) is 0 Å². The van der Waals surface area contributed by atoms with Gasteiger partial charge >= 0.3 is 5.97 Å². The van der Waals surface area contributed by atoms with Gasteiger partial charge in [-0.15, -0.1) is 11.3 Å². The van der Waals surface area contributed by atoms with E-state index < -0.39 is 5.97 Å². The molecule has 0 radical (unpaired) electrons. The molecule has 1 aliphatic heterocycles. The number of thiazole rings is 1. The van der Waals surface area contributed by atoms with E-state index in [0.717, 1.165) is 25.9 Å². The molecule has 0 aliphatic carbocycles. The van der Waals surface area contributed by atoms with Crippen molar-refractivity contribution in [1.82, 2.24) is 9.88 Å². The van der Waals surface area contributed by atoms with Crippen molar-refractivity contribution in [3.8, 4) is 0 Å². The number of carboxylic acids is 1. The van der Waals surface area contributed by atoms with E-state index in [9.17, 15) is 9.59 Å². The molecule has 1 saturated heterocycles. The average Bonchev–Trinajstić information content (AvgIpc) is 2.97. The summed E-state index contributed by atoms with van der Waals surface area (Å²) in [7, 11) is 0. The van der Waals surface area contributed by atoms with E-state index in [4.69, 9.17) is 5.11 Å². The second-order valence-corrected chi connectivity index (χ2v) is 6.32. The Kier molecular flexibility index (Phi) is 5.55. The van der Waals surface area contributed by atoms with Crippen molar-refractivity contribution < 1.29 is 14.7 Å². The van der Waals surface area contributed by atoms with Crippen LogP contribution in [0.3, 0.4) is 0 Å². The second kappa shape index (κ2) is 7.40. The van der Waals surface area contributed by atoms with Crippen LogP contribution in [-0.2, 0) is 9.59 Å². The van der Waals surface area contributed by atoms with Crippen LogP contribution in [0, 0.1) is 5.92 Å². The number of aromatic nitrogens is 1. The third kappa shape index (κ3) is 4.70. The number of nitrogens with zero attached hydrogens (tertiary/aromatic N) is 3. The number of piperidine rings is 1. The molecule has 1 aliphatic rings. The molecule has 1 fully saturated rings. The standard InChI is InChI=1S/C14H21N3O3S/c1-11-2-6-16(7-3-11)12(18)10-17(8-4-13(19)20)14-15-5-9-21-14/h5,9,11H,2-4,6-8,10H2,1H3,(H,19,20). The van der Waals surface area contributed by atoms with Crippen molar-refractivity contribution in [2.75, 3.05) is 31.1 Å². The van der Waals surface area contributed by atoms with Gasteiger partial charge in [-0.1, -0.05) is 6.92 Å². The van der Waals surface area contributed by atoms with Crippen molar-refractivity contribution in [2.45, 2.75) is 26.2 Å². The lowest BCUT2D eigenvalue weighted by Gasteiger charge is -2.32. The number of likely N-dealkylation sites (tertiary alicyclic amines) is 1. The van der Waals surface area contributed by atoms with Gasteiger partial charge in [0.2, 0.25) is 5.91 Å². The zero-order chi connectivity index (χ0) is 15.2. The predicted molar refractivity (Wildman–Crippen MR) is 81.6 cm³/mol. The van der Waals surface area contributed by atoms with Gasteiger partial charge in [0.05, 0.1) is 13.0 Å². The number of amides is 1. The van der Waals surface area contributed by atoms with Gasteiger partial charge in [0, 0.05) is 31.2 Å². The molecule has 0 saturated carbocycles. The number of hydrogen-bond donors (Lipinski definition) is 1. The summed E-state index contributed by atoms with van der Waals surface area (Å²) in [4.78, 5) is 31.0. The maximum Gasteiger partial charge on any atom is 0.305 e. The molecule has 1 amide bonds. The Hall–Kier alpha value is -1.63. The van der Waals surface area contributed by atoms with Crippen LogP contribution in [0.1, 0.15) is 26.2 Å². The van der Waals surface area contributed by atoms with Crippen molar-refractivity contribution in [1.29, 1.82) is 0 Å². The van der Waals surface area contributed by atoms with Gasteiger partial charge in [0.15, 0.2) is 5.13 Å². The molecule has 116 valence electrons. The van der Waals surface area contributed by atoms with E-state index in [2.05, 4.69) is 11.9 Å². The summed E-state index contributed by atoms with van der Waals surface area (Å²) in [6, 6.07) is 0. The third-order valence-corrected chi connectivity index (χ3v) is 4.58. The summed E-state index contributed by atoms with van der Waals surface area (Å²) in [5.41, 5.74) is 0. The molecule has 7 heteroatoms. The Labute approximate surface area is 128 Å². The fourth-order valence-corrected chi connectivity index (χ4v) is 3.04. The molecular formula is C14H21N3O3S. The quantitative estimate of drug-likeness (QED) is 0.865. The number of rotatable bonds is 6. The molecule has 0 spiro atoms. The maximum atomic E-state index is 12.4. The van der Waals surface area contributed by atoms with Crippen LogP contribution in [0.25, 0.3) is 0 Å². The van der Waals surface area contributed by atoms with Crippen LogP contribution < -0.4 is 4.90 Å². The van der Waals surface area contributed by atoms with Gasteiger partial charge in [-0.3, -0.25) is 9.59 Å². The fourth-order valence-electron chi connectivity index (χ4n) is 2.37. The second-order valence-electron chi connectivity index (χ2n) is 5.44. The number of carbonyl (C=O) groups excluding carboxylic acids is 1. The van der Waals surface area contributed by atoms with Gasteiger partial charge in [-0.05, 0) is 18.8 Å². The van der Waals surface area contributed by atoms with E-state index >= 15 is 0 Å². The van der Waals surface area contributed by atoms with Crippen molar-refractivity contribution in [2.24, 2.45) is 5.92 Å². The SMILES string of the molecule is CC1CCN(C(=O)CN(CCC(=O)O)c2nccs2)CC1. The van der Waals surface area contributed by atoms with E-state index in [0.29, 0.717) is 17.6 Å². The largest absolute Gasteiger partial charge is 0.481 e. The highest BCUT2D eigenvalue weighted by molar-refractivity contribution is 7.13. The molecular weight excluding hydrogens is 290 g/mol. The van der Waals surface area contributed by atoms with E-state index in [1.807, 2.05) is 10.3 Å². The number of aliphatic carboxylic acids is 1. The van der Waals surface area contributed by atoms with Crippen LogP contribution in [0.15, 0.2) is 11.6 Å². The van der Waals surface area contributed by atoms with E-state index in [1.54, 1.807) is 11.1 Å². The third-order valence-electron chi connectivity index (χ3n) is 3.75. The number of carboxylic acid groups (broad SMARTS) is 1. The summed E-state index contributed by atoms with van der Waals surface area (Å²) < 4.78 is 0. The molecule has 0 aromatic carbocycles. The number of anilines is 1. The Morgan fingerprint density at radius 1 is 1.48 bits per heavy atom. The van der Waals surface area contributed by atoms with Crippen LogP contribution in [0.5, 0.6) is 0 Å². The van der Waals surface area contributed by atoms with Crippen LogP contribution in [-0.4, -0.2) is 53.0 Å². The molecule has 6 nitrogen and oxygen atoms in total. The topological polar surface area (TPSA) is 73.7 Å². The molecule has 2 rings (SSSR count). The van der Waals surface area contributed by atoms with Gasteiger partial charge in [0.1, 0.15) is 0 Å². The average molecular weight is 311 g/mol. The lowest BCUT2D eigenvalue weighted by atomic mass is 9.99. The molecule has 0 unspecified atom stereocenters. The van der Waals surface area contributed by atoms with Crippen molar-refractivity contribution >= 4 is 28.3 Å². The predicted octanol–water partition coefficient (Wildman–Crippen LogP) is 1.68. The highest BCUT2D eigenvalue weighted by Crippen LogP contribution is 2.20. The van der Waals surface area contributed by atoms with E-state index in [-0.39, 0.29) is 18.9 Å². The monoisotopic (exact) mass is 311 g/mol. The van der Waals surface area contributed by atoms with Crippen LogP contribution in [0.2, 0.25) is 0 Å². The lowest BCUT2D eigenvalue weighted by Crippen LogP contribution is -2.44. The zero-order valence-electron chi connectivity index (χ0n) is 12.2. The normalized spacial score (nSPS) is 16.0. The van der Waals surface area contributed by atoms with Crippen molar-refractivity contribution in [3.05, 3.63) is 11.6 Å². The van der Waals surface area contributed by atoms with Gasteiger partial charge in [-0.2, -0.15) is 0 Å². The molecule has 1 N–H and O–H groups in total. The fraction of sp³-hybridized carbons (Fsp3) is 0.643. The first-order valence-corrected chi connectivity index (χ1v) is 8.08. The van der Waals surface area contributed by atoms with Gasteiger partial charge in [0.25, 0.3) is 0 Å². The Morgan fingerprint density at radius 2 is 2.19 bits per heavy atom. The van der Waals surface area contributed by atoms with Crippen LogP contribution >= 0.6 is 11.3 Å². The summed E-state index contributed by atoms with van der Waals surface area (Å²) in [6.07, 6.45) is 3.75. The highest BCUT2D eigenvalue weighted by Gasteiger charge is 2.23. The van der Waals surface area contributed by atoms with Gasteiger partial charge in [-0.25, -0.2) is 4.98 Å². The summed E-state index contributed by atoms with van der Waals surface area (Å²) in [5.74, 6) is -0.130. The molecule has 1 aromatic heterocycles. The summed E-state index contributed by atoms with van der Waals surface area (Å²) in [5, 5.41) is 11.4. The first kappa shape index (κ1) is 15.8. The first-order chi connectivity index (χ1) is 10.1. The van der Waals surface area contributed by atoms with Crippen LogP contribution in [0.4, 0.5) is 5.13 Å². The number of hydrogen-bond acceptors (Lipinski definition) is 5. The first-order valence-electron chi connectivity index (χ1n) is 7.20. The summed E-state index contributed by atoms with van der Waals surface area (Å²) in [6.45, 7) is 4.31.